The molecule has 0 aliphatic carbocycles. The maximum Gasteiger partial charge on any atom is 0.137 e. The monoisotopic (exact) mass is 408 g/mol. The Morgan fingerprint density at radius 1 is 0.929 bits per heavy atom. The number of thioether (sulfide) groups is 1. The van der Waals surface area contributed by atoms with Crippen LogP contribution >= 0.6 is 11.8 Å². The molecule has 1 fully saturated rings. The van der Waals surface area contributed by atoms with Crippen molar-refractivity contribution in [3.63, 3.8) is 0 Å². The lowest BCUT2D eigenvalue weighted by molar-refractivity contribution is -0.236. The fourth-order valence-electron chi connectivity index (χ4n) is 3.62. The van der Waals surface area contributed by atoms with Gasteiger partial charge < -0.3 is 23.7 Å². The largest absolute Gasteiger partial charge is 0.379 e. The van der Waals surface area contributed by atoms with Crippen LogP contribution in [-0.2, 0) is 23.7 Å². The smallest absolute Gasteiger partial charge is 0.137 e. The third kappa shape index (κ3) is 6.05. The number of methoxy groups -OCH3 is 2. The van der Waals surface area contributed by atoms with Gasteiger partial charge in [0, 0.05) is 32.3 Å². The molecule has 0 amide bonds. The van der Waals surface area contributed by atoms with Gasteiger partial charge in [0.25, 0.3) is 0 Å². The molecule has 156 valence electrons. The Hall–Kier alpha value is -0.890. The summed E-state index contributed by atoms with van der Waals surface area (Å²) in [6.07, 6.45) is 7.69. The van der Waals surface area contributed by atoms with Crippen molar-refractivity contribution in [1.82, 2.24) is 0 Å². The fraction of sp³-hybridized carbons (Fsp3) is 0.636. The van der Waals surface area contributed by atoms with Gasteiger partial charge in [0.1, 0.15) is 29.9 Å². The van der Waals surface area contributed by atoms with Crippen molar-refractivity contribution in [2.24, 2.45) is 0 Å². The van der Waals surface area contributed by atoms with E-state index in [1.165, 1.54) is 0 Å². The number of ether oxygens (including phenoxy) is 5. The molecule has 1 aromatic rings. The standard InChI is InChI=1S/C22H32O5S/c1-23-20-19-18(16-25-14-10-5-3-4-6-11-15-26-19)27-22(21(20)24-2)28-17-12-8-7-9-13-17/h3-4,7-9,12-13,18-22H,5-6,10-11,14-16H2,1-2H3/b4-3+/t18-,19-,20+,21-,22+/m1/s1. The minimum absolute atomic E-state index is 0.189. The molecule has 0 bridgehead atoms. The molecule has 0 spiro atoms. The topological polar surface area (TPSA) is 46.2 Å². The molecule has 28 heavy (non-hydrogen) atoms. The van der Waals surface area contributed by atoms with Gasteiger partial charge >= 0.3 is 0 Å². The molecule has 2 aliphatic rings. The first kappa shape index (κ1) is 21.8. The second-order valence-corrected chi connectivity index (χ2v) is 8.21. The van der Waals surface area contributed by atoms with Crippen molar-refractivity contribution in [2.75, 3.05) is 34.0 Å². The molecule has 6 heteroatoms. The van der Waals surface area contributed by atoms with Crippen molar-refractivity contribution in [2.45, 2.75) is 60.4 Å². The Balaban J connectivity index is 1.75. The van der Waals surface area contributed by atoms with E-state index in [0.29, 0.717) is 13.2 Å². The first-order valence-electron chi connectivity index (χ1n) is 10.1. The lowest BCUT2D eigenvalue weighted by atomic mass is 9.99. The summed E-state index contributed by atoms with van der Waals surface area (Å²) in [4.78, 5) is 1.14. The van der Waals surface area contributed by atoms with Crippen LogP contribution in [0.4, 0.5) is 0 Å². The van der Waals surface area contributed by atoms with Gasteiger partial charge in [0.15, 0.2) is 0 Å². The minimum Gasteiger partial charge on any atom is -0.379 e. The normalized spacial score (nSPS) is 33.7. The van der Waals surface area contributed by atoms with E-state index in [1.807, 2.05) is 18.2 Å². The first-order valence-corrected chi connectivity index (χ1v) is 11.0. The van der Waals surface area contributed by atoms with Crippen LogP contribution in [0.5, 0.6) is 0 Å². The zero-order valence-electron chi connectivity index (χ0n) is 16.8. The average Bonchev–Trinajstić information content (AvgIpc) is 2.75. The van der Waals surface area contributed by atoms with Crippen molar-refractivity contribution in [1.29, 1.82) is 0 Å². The summed E-state index contributed by atoms with van der Waals surface area (Å²) in [5, 5.41) is 0. The van der Waals surface area contributed by atoms with Gasteiger partial charge in [0.05, 0.1) is 6.61 Å². The Labute approximate surface area is 172 Å². The minimum atomic E-state index is -0.230. The summed E-state index contributed by atoms with van der Waals surface area (Å²) in [6, 6.07) is 10.2. The quantitative estimate of drug-likeness (QED) is 0.700. The highest BCUT2D eigenvalue weighted by Crippen LogP contribution is 2.36. The second-order valence-electron chi connectivity index (χ2n) is 7.04. The molecule has 0 saturated carbocycles. The molecule has 2 heterocycles. The zero-order chi connectivity index (χ0) is 19.6. The average molecular weight is 409 g/mol. The molecule has 1 aromatic carbocycles. The van der Waals surface area contributed by atoms with Crippen LogP contribution in [-0.4, -0.2) is 63.9 Å². The van der Waals surface area contributed by atoms with Crippen molar-refractivity contribution < 1.29 is 23.7 Å². The SMILES string of the molecule is CO[C@@H]1[C@@H](OC)[C@H](Sc2ccccc2)O[C@@H]2COCCC/C=C/CCCO[C@@H]12. The molecule has 5 nitrogen and oxygen atoms in total. The fourth-order valence-corrected chi connectivity index (χ4v) is 4.80. The Morgan fingerprint density at radius 2 is 1.64 bits per heavy atom. The van der Waals surface area contributed by atoms with E-state index in [0.717, 1.165) is 37.2 Å². The molecular formula is C22H32O5S. The third-order valence-corrected chi connectivity index (χ3v) is 6.22. The van der Waals surface area contributed by atoms with Gasteiger partial charge in [-0.05, 0) is 37.8 Å². The number of benzene rings is 1. The van der Waals surface area contributed by atoms with Crippen LogP contribution in [0.3, 0.4) is 0 Å². The molecule has 1 saturated heterocycles. The van der Waals surface area contributed by atoms with Gasteiger partial charge in [-0.3, -0.25) is 0 Å². The maximum absolute atomic E-state index is 6.46. The summed E-state index contributed by atoms with van der Waals surface area (Å²) in [5.74, 6) is 0. The van der Waals surface area contributed by atoms with E-state index < -0.39 is 0 Å². The lowest BCUT2D eigenvalue weighted by Crippen LogP contribution is -2.60. The van der Waals surface area contributed by atoms with E-state index in [1.54, 1.807) is 26.0 Å². The van der Waals surface area contributed by atoms with Crippen molar-refractivity contribution in [3.05, 3.63) is 42.5 Å². The molecule has 2 aliphatic heterocycles. The summed E-state index contributed by atoms with van der Waals surface area (Å²) in [7, 11) is 3.43. The molecule has 5 atom stereocenters. The van der Waals surface area contributed by atoms with E-state index in [2.05, 4.69) is 24.3 Å². The lowest BCUT2D eigenvalue weighted by Gasteiger charge is -2.45. The van der Waals surface area contributed by atoms with Crippen LogP contribution in [0.2, 0.25) is 0 Å². The second kappa shape index (κ2) is 12.0. The molecule has 0 aromatic heterocycles. The molecule has 0 N–H and O–H groups in total. The first-order chi connectivity index (χ1) is 13.8. The number of fused-ring (bicyclic) bond motifs is 1. The van der Waals surface area contributed by atoms with Crippen LogP contribution in [0.25, 0.3) is 0 Å². The highest BCUT2D eigenvalue weighted by Gasteiger charge is 2.47. The van der Waals surface area contributed by atoms with Gasteiger partial charge in [-0.1, -0.05) is 42.1 Å². The number of allylic oxidation sites excluding steroid dienone is 2. The van der Waals surface area contributed by atoms with Crippen molar-refractivity contribution in [3.8, 4) is 0 Å². The van der Waals surface area contributed by atoms with Gasteiger partial charge in [-0.2, -0.15) is 0 Å². The van der Waals surface area contributed by atoms with Crippen LogP contribution < -0.4 is 0 Å². The van der Waals surface area contributed by atoms with E-state index in [4.69, 9.17) is 23.7 Å². The van der Waals surface area contributed by atoms with Gasteiger partial charge in [-0.25, -0.2) is 0 Å². The highest BCUT2D eigenvalue weighted by atomic mass is 32.2. The van der Waals surface area contributed by atoms with Crippen LogP contribution in [0.15, 0.2) is 47.4 Å². The molecular weight excluding hydrogens is 376 g/mol. The Kier molecular flexibility index (Phi) is 9.31. The number of hydrogen-bond donors (Lipinski definition) is 0. The van der Waals surface area contributed by atoms with E-state index >= 15 is 0 Å². The number of hydrogen-bond acceptors (Lipinski definition) is 6. The molecule has 0 radical (unpaired) electrons. The highest BCUT2D eigenvalue weighted by molar-refractivity contribution is 7.99. The number of rotatable bonds is 4. The van der Waals surface area contributed by atoms with Gasteiger partial charge in [0.2, 0.25) is 0 Å². The summed E-state index contributed by atoms with van der Waals surface area (Å²) in [6.45, 7) is 1.89. The predicted octanol–water partition coefficient (Wildman–Crippen LogP) is 4.07. The summed E-state index contributed by atoms with van der Waals surface area (Å²) >= 11 is 1.66. The summed E-state index contributed by atoms with van der Waals surface area (Å²) < 4.78 is 30.3. The summed E-state index contributed by atoms with van der Waals surface area (Å²) in [5.41, 5.74) is -0.192. The predicted molar refractivity (Wildman–Crippen MR) is 111 cm³/mol. The molecule has 3 rings (SSSR count). The van der Waals surface area contributed by atoms with Crippen LogP contribution in [0.1, 0.15) is 25.7 Å². The van der Waals surface area contributed by atoms with E-state index in [-0.39, 0.29) is 29.9 Å². The van der Waals surface area contributed by atoms with Crippen LogP contribution in [0, 0.1) is 0 Å². The van der Waals surface area contributed by atoms with Gasteiger partial charge in [-0.15, -0.1) is 0 Å². The maximum atomic E-state index is 6.46. The van der Waals surface area contributed by atoms with Crippen molar-refractivity contribution >= 4 is 11.8 Å². The third-order valence-electron chi connectivity index (χ3n) is 5.06. The Bertz CT molecular complexity index is 582. The molecule has 0 unspecified atom stereocenters. The Morgan fingerprint density at radius 3 is 2.36 bits per heavy atom. The zero-order valence-corrected chi connectivity index (χ0v) is 17.6. The van der Waals surface area contributed by atoms with E-state index in [9.17, 15) is 0 Å².